The van der Waals surface area contributed by atoms with Gasteiger partial charge in [0.05, 0.1) is 5.02 Å². The second-order valence-electron chi connectivity index (χ2n) is 3.91. The lowest BCUT2D eigenvalue weighted by atomic mass is 10.2. The van der Waals surface area contributed by atoms with Crippen molar-refractivity contribution in [1.82, 2.24) is 9.88 Å². The summed E-state index contributed by atoms with van der Waals surface area (Å²) in [6.45, 7) is 4.39. The van der Waals surface area contributed by atoms with Crippen molar-refractivity contribution in [3.63, 3.8) is 0 Å². The number of aromatic nitrogens is 1. The van der Waals surface area contributed by atoms with E-state index in [9.17, 15) is 9.59 Å². The van der Waals surface area contributed by atoms with E-state index in [4.69, 9.17) is 11.6 Å². The Kier molecular flexibility index (Phi) is 4.75. The Bertz CT molecular complexity index is 468. The van der Waals surface area contributed by atoms with E-state index >= 15 is 0 Å². The molecule has 4 nitrogen and oxygen atoms in total. The molecule has 5 heteroatoms. The molecule has 1 N–H and O–H groups in total. The lowest BCUT2D eigenvalue weighted by molar-refractivity contribution is 0.0800. The SMILES string of the molecule is CCCc1[nH]c(=O)c(C(=O)N(C)CC)cc1Cl. The van der Waals surface area contributed by atoms with Crippen molar-refractivity contribution in [2.75, 3.05) is 13.6 Å². The predicted molar refractivity (Wildman–Crippen MR) is 68.7 cm³/mol. The fourth-order valence-corrected chi connectivity index (χ4v) is 1.73. The van der Waals surface area contributed by atoms with Crippen LogP contribution < -0.4 is 5.56 Å². The first kappa shape index (κ1) is 13.8. The molecule has 0 unspecified atom stereocenters. The normalized spacial score (nSPS) is 10.4. The molecule has 0 aliphatic carbocycles. The largest absolute Gasteiger partial charge is 0.342 e. The molecule has 1 aromatic heterocycles. The number of hydrogen-bond acceptors (Lipinski definition) is 2. The van der Waals surface area contributed by atoms with Gasteiger partial charge in [-0.25, -0.2) is 0 Å². The topological polar surface area (TPSA) is 53.2 Å². The van der Waals surface area contributed by atoms with E-state index in [1.807, 2.05) is 13.8 Å². The van der Waals surface area contributed by atoms with Crippen molar-refractivity contribution in [3.05, 3.63) is 32.7 Å². The summed E-state index contributed by atoms with van der Waals surface area (Å²) in [4.78, 5) is 27.8. The molecule has 0 saturated carbocycles. The third kappa shape index (κ3) is 3.09. The van der Waals surface area contributed by atoms with Crippen LogP contribution in [0, 0.1) is 0 Å². The maximum Gasteiger partial charge on any atom is 0.261 e. The number of halogens is 1. The van der Waals surface area contributed by atoms with Gasteiger partial charge in [0.1, 0.15) is 5.56 Å². The van der Waals surface area contributed by atoms with Crippen LogP contribution in [0.2, 0.25) is 5.02 Å². The number of aromatic amines is 1. The van der Waals surface area contributed by atoms with E-state index in [0.717, 1.165) is 6.42 Å². The molecular weight excluding hydrogens is 240 g/mol. The van der Waals surface area contributed by atoms with Crippen LogP contribution in [-0.2, 0) is 6.42 Å². The fraction of sp³-hybridized carbons (Fsp3) is 0.500. The van der Waals surface area contributed by atoms with Gasteiger partial charge in [0.15, 0.2) is 0 Å². The Balaban J connectivity index is 3.16. The zero-order valence-corrected chi connectivity index (χ0v) is 11.1. The van der Waals surface area contributed by atoms with E-state index in [1.54, 1.807) is 7.05 Å². The molecule has 0 aliphatic rings. The number of H-pyrrole nitrogens is 1. The molecule has 0 radical (unpaired) electrons. The van der Waals surface area contributed by atoms with Crippen LogP contribution in [0.25, 0.3) is 0 Å². The Morgan fingerprint density at radius 1 is 1.47 bits per heavy atom. The van der Waals surface area contributed by atoms with Crippen molar-refractivity contribution in [2.24, 2.45) is 0 Å². The highest BCUT2D eigenvalue weighted by molar-refractivity contribution is 6.31. The quantitative estimate of drug-likeness (QED) is 0.897. The summed E-state index contributed by atoms with van der Waals surface area (Å²) in [6.07, 6.45) is 1.59. The number of nitrogens with one attached hydrogen (secondary N) is 1. The van der Waals surface area contributed by atoms with E-state index in [-0.39, 0.29) is 17.0 Å². The smallest absolute Gasteiger partial charge is 0.261 e. The number of carbonyl (C=O) groups excluding carboxylic acids is 1. The van der Waals surface area contributed by atoms with Gasteiger partial charge in [-0.3, -0.25) is 9.59 Å². The molecule has 0 atom stereocenters. The van der Waals surface area contributed by atoms with Crippen molar-refractivity contribution >= 4 is 17.5 Å². The number of amides is 1. The van der Waals surface area contributed by atoms with Crippen LogP contribution in [0.15, 0.2) is 10.9 Å². The molecule has 0 bridgehead atoms. The molecule has 0 spiro atoms. The van der Waals surface area contributed by atoms with E-state index in [1.165, 1.54) is 11.0 Å². The summed E-state index contributed by atoms with van der Waals surface area (Å²) < 4.78 is 0. The second kappa shape index (κ2) is 5.87. The summed E-state index contributed by atoms with van der Waals surface area (Å²) in [6, 6.07) is 1.46. The van der Waals surface area contributed by atoms with Crippen molar-refractivity contribution in [3.8, 4) is 0 Å². The summed E-state index contributed by atoms with van der Waals surface area (Å²) in [7, 11) is 1.65. The third-order valence-corrected chi connectivity index (χ3v) is 2.96. The molecule has 1 heterocycles. The molecule has 17 heavy (non-hydrogen) atoms. The molecular formula is C12H17ClN2O2. The number of rotatable bonds is 4. The Labute approximate surface area is 106 Å². The standard InChI is InChI=1S/C12H17ClN2O2/c1-4-6-10-9(13)7-8(11(16)14-10)12(17)15(3)5-2/h7H,4-6H2,1-3H3,(H,14,16). The molecule has 0 aliphatic heterocycles. The highest BCUT2D eigenvalue weighted by atomic mass is 35.5. The highest BCUT2D eigenvalue weighted by Crippen LogP contribution is 2.15. The first-order valence-corrected chi connectivity index (χ1v) is 6.06. The lowest BCUT2D eigenvalue weighted by Gasteiger charge is -2.14. The summed E-state index contributed by atoms with van der Waals surface area (Å²) in [5, 5.41) is 0.444. The molecule has 94 valence electrons. The maximum absolute atomic E-state index is 11.9. The van der Waals surface area contributed by atoms with Gasteiger partial charge < -0.3 is 9.88 Å². The average Bonchev–Trinajstić information content (AvgIpc) is 2.31. The summed E-state index contributed by atoms with van der Waals surface area (Å²) >= 11 is 6.03. The van der Waals surface area contributed by atoms with Gasteiger partial charge in [-0.1, -0.05) is 24.9 Å². The number of carbonyl (C=O) groups is 1. The second-order valence-corrected chi connectivity index (χ2v) is 4.32. The van der Waals surface area contributed by atoms with Gasteiger partial charge in [-0.15, -0.1) is 0 Å². The van der Waals surface area contributed by atoms with E-state index in [0.29, 0.717) is 23.7 Å². The fourth-order valence-electron chi connectivity index (χ4n) is 1.48. The van der Waals surface area contributed by atoms with E-state index in [2.05, 4.69) is 4.98 Å². The zero-order chi connectivity index (χ0) is 13.0. The number of pyridine rings is 1. The van der Waals surface area contributed by atoms with Crippen LogP contribution in [0.1, 0.15) is 36.3 Å². The van der Waals surface area contributed by atoms with Crippen molar-refractivity contribution in [2.45, 2.75) is 26.7 Å². The van der Waals surface area contributed by atoms with Crippen LogP contribution >= 0.6 is 11.6 Å². The van der Waals surface area contributed by atoms with Gasteiger partial charge in [0.25, 0.3) is 11.5 Å². The Hall–Kier alpha value is -1.29. The lowest BCUT2D eigenvalue weighted by Crippen LogP contribution is -2.31. The average molecular weight is 257 g/mol. The van der Waals surface area contributed by atoms with Gasteiger partial charge in [-0.2, -0.15) is 0 Å². The van der Waals surface area contributed by atoms with Crippen LogP contribution in [0.5, 0.6) is 0 Å². The van der Waals surface area contributed by atoms with Gasteiger partial charge >= 0.3 is 0 Å². The molecule has 1 rings (SSSR count). The predicted octanol–water partition coefficient (Wildman–Crippen LogP) is 2.07. The Morgan fingerprint density at radius 3 is 2.65 bits per heavy atom. The first-order chi connectivity index (χ1) is 8.01. The molecule has 0 fully saturated rings. The van der Waals surface area contributed by atoms with Crippen molar-refractivity contribution in [1.29, 1.82) is 0 Å². The van der Waals surface area contributed by atoms with Gasteiger partial charge in [-0.05, 0) is 19.4 Å². The minimum Gasteiger partial charge on any atom is -0.342 e. The Morgan fingerprint density at radius 2 is 2.12 bits per heavy atom. The number of aryl methyl sites for hydroxylation is 1. The number of nitrogens with zero attached hydrogens (tertiary/aromatic N) is 1. The van der Waals surface area contributed by atoms with Gasteiger partial charge in [0.2, 0.25) is 0 Å². The zero-order valence-electron chi connectivity index (χ0n) is 10.3. The third-order valence-electron chi connectivity index (χ3n) is 2.62. The van der Waals surface area contributed by atoms with Crippen molar-refractivity contribution < 1.29 is 4.79 Å². The minimum atomic E-state index is -0.372. The molecule has 1 amide bonds. The maximum atomic E-state index is 11.9. The molecule has 1 aromatic rings. The first-order valence-electron chi connectivity index (χ1n) is 5.68. The van der Waals surface area contributed by atoms with Crippen LogP contribution in [-0.4, -0.2) is 29.4 Å². The minimum absolute atomic E-state index is 0.0965. The monoisotopic (exact) mass is 256 g/mol. The summed E-state index contributed by atoms with van der Waals surface area (Å²) in [5.41, 5.74) is 0.414. The van der Waals surface area contributed by atoms with Gasteiger partial charge in [0, 0.05) is 19.3 Å². The highest BCUT2D eigenvalue weighted by Gasteiger charge is 2.16. The summed E-state index contributed by atoms with van der Waals surface area (Å²) in [5.74, 6) is -0.307. The van der Waals surface area contributed by atoms with Crippen LogP contribution in [0.4, 0.5) is 0 Å². The molecule has 0 saturated heterocycles. The van der Waals surface area contributed by atoms with Crippen LogP contribution in [0.3, 0.4) is 0 Å². The molecule has 0 aromatic carbocycles. The van der Waals surface area contributed by atoms with E-state index < -0.39 is 0 Å². The number of hydrogen-bond donors (Lipinski definition) is 1.